The highest BCUT2D eigenvalue weighted by molar-refractivity contribution is 7.26. The fraction of sp³-hybridized carbons (Fsp3) is 0.113. The zero-order valence-corrected chi connectivity index (χ0v) is 34.0. The summed E-state index contributed by atoms with van der Waals surface area (Å²) < 4.78 is 4.94. The fourth-order valence-electron chi connectivity index (χ4n) is 10.3. The first kappa shape index (κ1) is 34.1. The van der Waals surface area contributed by atoms with Crippen LogP contribution in [0.3, 0.4) is 0 Å². The van der Waals surface area contributed by atoms with Crippen LogP contribution in [0, 0.1) is 41.5 Å². The minimum atomic E-state index is 0.116. The molecule has 0 aliphatic rings. The Kier molecular flexibility index (Phi) is 7.55. The Hall–Kier alpha value is -6.23. The summed E-state index contributed by atoms with van der Waals surface area (Å²) in [5.41, 5.74) is 17.6. The molecule has 3 heterocycles. The van der Waals surface area contributed by atoms with E-state index < -0.39 is 0 Å². The number of nitrogens with zero attached hydrogens (tertiary/aromatic N) is 2. The standard InChI is InChI=1S/C53H41BN2S/c1-30-25-32(3)49(33(4)26-30)54(50-34(5)27-31(2)28-35(50)6)39-19-15-38(16-20-39)46-29-44-48-41-14-10-8-12-37(41)18-24-47(48)57-52(44)53-55-51-43-21-17-36-11-7-9-13-40(36)42(43)22-23-45(51)56(46)53/h7-29H,1-6H3. The normalized spacial score (nSPS) is 12.0. The first-order valence-electron chi connectivity index (χ1n) is 20.0. The van der Waals surface area contributed by atoms with Crippen molar-refractivity contribution >= 4 is 104 Å². The van der Waals surface area contributed by atoms with Gasteiger partial charge in [-0.3, -0.25) is 4.40 Å². The van der Waals surface area contributed by atoms with Crippen molar-refractivity contribution in [2.75, 3.05) is 0 Å². The number of thiophene rings is 1. The van der Waals surface area contributed by atoms with Crippen LogP contribution in [-0.2, 0) is 0 Å². The Morgan fingerprint density at radius 3 is 1.75 bits per heavy atom. The molecular formula is C53H41BN2S. The van der Waals surface area contributed by atoms with E-state index in [1.807, 2.05) is 11.3 Å². The van der Waals surface area contributed by atoms with Crippen LogP contribution < -0.4 is 16.4 Å². The molecule has 272 valence electrons. The number of imidazole rings is 1. The number of hydrogen-bond acceptors (Lipinski definition) is 2. The molecule has 8 aromatic carbocycles. The predicted molar refractivity (Wildman–Crippen MR) is 250 cm³/mol. The summed E-state index contributed by atoms with van der Waals surface area (Å²) in [6.07, 6.45) is 0. The van der Waals surface area contributed by atoms with Gasteiger partial charge in [-0.05, 0) is 92.2 Å². The van der Waals surface area contributed by atoms with Gasteiger partial charge in [0, 0.05) is 20.9 Å². The van der Waals surface area contributed by atoms with Gasteiger partial charge in [0.25, 0.3) is 0 Å². The molecule has 2 nitrogen and oxygen atoms in total. The second-order valence-electron chi connectivity index (χ2n) is 16.3. The zero-order chi connectivity index (χ0) is 38.7. The summed E-state index contributed by atoms with van der Waals surface area (Å²) in [5.74, 6) is 0. The van der Waals surface area contributed by atoms with Crippen LogP contribution in [0.4, 0.5) is 0 Å². The summed E-state index contributed by atoms with van der Waals surface area (Å²) in [5, 5.41) is 10.1. The van der Waals surface area contributed by atoms with Gasteiger partial charge < -0.3 is 0 Å². The molecular weight excluding hydrogens is 707 g/mol. The van der Waals surface area contributed by atoms with Gasteiger partial charge in [0.1, 0.15) is 0 Å². The van der Waals surface area contributed by atoms with Crippen LogP contribution in [-0.4, -0.2) is 16.1 Å². The molecule has 11 aromatic rings. The van der Waals surface area contributed by atoms with Crippen LogP contribution >= 0.6 is 11.3 Å². The van der Waals surface area contributed by atoms with Gasteiger partial charge >= 0.3 is 0 Å². The molecule has 0 radical (unpaired) electrons. The van der Waals surface area contributed by atoms with E-state index >= 15 is 0 Å². The monoisotopic (exact) mass is 748 g/mol. The second-order valence-corrected chi connectivity index (χ2v) is 17.4. The summed E-state index contributed by atoms with van der Waals surface area (Å²) in [4.78, 5) is 5.59. The molecule has 11 rings (SSSR count). The maximum atomic E-state index is 5.59. The smallest absolute Gasteiger partial charge is 0.242 e. The van der Waals surface area contributed by atoms with Crippen molar-refractivity contribution < 1.29 is 0 Å². The Bertz CT molecular complexity index is 3370. The Morgan fingerprint density at radius 2 is 1.09 bits per heavy atom. The molecule has 0 unspecified atom stereocenters. The highest BCUT2D eigenvalue weighted by Gasteiger charge is 2.29. The van der Waals surface area contributed by atoms with E-state index in [0.29, 0.717) is 0 Å². The lowest BCUT2D eigenvalue weighted by Crippen LogP contribution is -2.55. The molecule has 4 heteroatoms. The number of hydrogen-bond donors (Lipinski definition) is 0. The quantitative estimate of drug-likeness (QED) is 0.129. The van der Waals surface area contributed by atoms with Gasteiger partial charge in [-0.15, -0.1) is 11.3 Å². The molecule has 0 saturated heterocycles. The van der Waals surface area contributed by atoms with Gasteiger partial charge in [-0.1, -0.05) is 171 Å². The van der Waals surface area contributed by atoms with Gasteiger partial charge in [-0.25, -0.2) is 4.98 Å². The van der Waals surface area contributed by atoms with E-state index in [9.17, 15) is 0 Å². The zero-order valence-electron chi connectivity index (χ0n) is 33.2. The molecule has 0 amide bonds. The molecule has 0 spiro atoms. The lowest BCUT2D eigenvalue weighted by Gasteiger charge is -2.25. The lowest BCUT2D eigenvalue weighted by molar-refractivity contribution is 1.25. The van der Waals surface area contributed by atoms with Gasteiger partial charge in [0.05, 0.1) is 21.4 Å². The van der Waals surface area contributed by atoms with E-state index in [2.05, 4.69) is 185 Å². The first-order chi connectivity index (χ1) is 27.7. The van der Waals surface area contributed by atoms with Crippen LogP contribution in [0.2, 0.25) is 0 Å². The second kappa shape index (κ2) is 12.6. The highest BCUT2D eigenvalue weighted by atomic mass is 32.1. The predicted octanol–water partition coefficient (Wildman–Crippen LogP) is 12.3. The van der Waals surface area contributed by atoms with Gasteiger partial charge in [0.2, 0.25) is 6.71 Å². The summed E-state index contributed by atoms with van der Waals surface area (Å²) in [6, 6.07) is 52.4. The van der Waals surface area contributed by atoms with Crippen molar-refractivity contribution in [1.82, 2.24) is 9.38 Å². The van der Waals surface area contributed by atoms with Crippen molar-refractivity contribution in [3.8, 4) is 11.3 Å². The molecule has 0 bridgehead atoms. The van der Waals surface area contributed by atoms with E-state index in [0.717, 1.165) is 22.4 Å². The van der Waals surface area contributed by atoms with E-state index in [4.69, 9.17) is 4.98 Å². The van der Waals surface area contributed by atoms with E-state index in [1.165, 1.54) is 108 Å². The SMILES string of the molecule is Cc1cc(C)c(B(c2ccc(-c3cc4c(sc5ccc6ccccc6c54)c4nc5c6ccc7ccccc7c6ccc5n34)cc2)c2c(C)cc(C)cc2C)c(C)c1. The van der Waals surface area contributed by atoms with E-state index in [1.54, 1.807) is 0 Å². The minimum Gasteiger partial charge on any atom is -0.291 e. The van der Waals surface area contributed by atoms with Crippen LogP contribution in [0.25, 0.3) is 80.4 Å². The maximum absolute atomic E-state index is 5.59. The number of aryl methyl sites for hydroxylation is 6. The van der Waals surface area contributed by atoms with Crippen molar-refractivity contribution in [2.45, 2.75) is 41.5 Å². The highest BCUT2D eigenvalue weighted by Crippen LogP contribution is 2.44. The third-order valence-corrected chi connectivity index (χ3v) is 13.6. The Morgan fingerprint density at radius 1 is 0.509 bits per heavy atom. The van der Waals surface area contributed by atoms with Crippen molar-refractivity contribution in [3.63, 3.8) is 0 Å². The van der Waals surface area contributed by atoms with Crippen LogP contribution in [0.15, 0.2) is 140 Å². The summed E-state index contributed by atoms with van der Waals surface area (Å²) in [7, 11) is 0. The molecule has 0 atom stereocenters. The molecule has 0 N–H and O–H groups in total. The molecule has 0 saturated carbocycles. The van der Waals surface area contributed by atoms with Gasteiger partial charge in [-0.2, -0.15) is 0 Å². The van der Waals surface area contributed by atoms with Crippen molar-refractivity contribution in [3.05, 3.63) is 173 Å². The minimum absolute atomic E-state index is 0.116. The van der Waals surface area contributed by atoms with Crippen LogP contribution in [0.1, 0.15) is 33.4 Å². The topological polar surface area (TPSA) is 17.3 Å². The lowest BCUT2D eigenvalue weighted by atomic mass is 9.34. The number of benzene rings is 8. The molecule has 0 fully saturated rings. The number of fused-ring (bicyclic) bond motifs is 13. The molecule has 57 heavy (non-hydrogen) atoms. The molecule has 3 aromatic heterocycles. The number of pyridine rings is 1. The maximum Gasteiger partial charge on any atom is 0.242 e. The molecule has 0 aliphatic carbocycles. The Balaban J connectivity index is 1.20. The van der Waals surface area contributed by atoms with Crippen LogP contribution in [0.5, 0.6) is 0 Å². The fourth-order valence-corrected chi connectivity index (χ4v) is 11.4. The largest absolute Gasteiger partial charge is 0.291 e. The van der Waals surface area contributed by atoms with E-state index in [-0.39, 0.29) is 6.71 Å². The molecule has 0 aliphatic heterocycles. The average Bonchev–Trinajstić information content (AvgIpc) is 3.79. The van der Waals surface area contributed by atoms with Crippen molar-refractivity contribution in [1.29, 1.82) is 0 Å². The van der Waals surface area contributed by atoms with Gasteiger partial charge in [0.15, 0.2) is 5.65 Å². The Labute approximate surface area is 337 Å². The van der Waals surface area contributed by atoms with Crippen molar-refractivity contribution in [2.24, 2.45) is 0 Å². The summed E-state index contributed by atoms with van der Waals surface area (Å²) in [6.45, 7) is 13.7. The number of rotatable bonds is 4. The first-order valence-corrected chi connectivity index (χ1v) is 20.8. The third kappa shape index (κ3) is 5.13. The average molecular weight is 749 g/mol. The summed E-state index contributed by atoms with van der Waals surface area (Å²) >= 11 is 1.86. The number of aromatic nitrogens is 2. The third-order valence-electron chi connectivity index (χ3n) is 12.5.